The molecule has 4 amide bonds. The number of carbonyl (C=O) groups excluding carboxylic acids is 3. The molecule has 1 fully saturated rings. The molecule has 1 unspecified atom stereocenters. The monoisotopic (exact) mass is 507 g/mol. The molecular formula is C23H18F5N5O3. The van der Waals surface area contributed by atoms with Crippen LogP contribution in [0.2, 0.25) is 0 Å². The van der Waals surface area contributed by atoms with Crippen LogP contribution in [0.25, 0.3) is 11.1 Å². The summed E-state index contributed by atoms with van der Waals surface area (Å²) in [6.07, 6.45) is -3.30. The van der Waals surface area contributed by atoms with Gasteiger partial charge in [0, 0.05) is 23.9 Å². The number of nitrogens with one attached hydrogen (secondary N) is 3. The van der Waals surface area contributed by atoms with Crippen LogP contribution in [0.3, 0.4) is 0 Å². The second-order valence-electron chi connectivity index (χ2n) is 8.12. The highest BCUT2D eigenvalue weighted by atomic mass is 19.4. The lowest BCUT2D eigenvalue weighted by atomic mass is 9.90. The van der Waals surface area contributed by atoms with E-state index in [4.69, 9.17) is 0 Å². The third-order valence-electron chi connectivity index (χ3n) is 5.99. The number of halogens is 5. The molecule has 0 spiro atoms. The van der Waals surface area contributed by atoms with E-state index in [2.05, 4.69) is 21.0 Å². The highest BCUT2D eigenvalue weighted by molar-refractivity contribution is 6.08. The minimum atomic E-state index is -4.65. The lowest BCUT2D eigenvalue weighted by Gasteiger charge is -2.26. The molecule has 1 atom stereocenters. The molecule has 13 heteroatoms. The van der Waals surface area contributed by atoms with Crippen molar-refractivity contribution in [1.82, 2.24) is 25.7 Å². The molecule has 8 nitrogen and oxygen atoms in total. The van der Waals surface area contributed by atoms with Gasteiger partial charge in [0.25, 0.3) is 11.8 Å². The Balaban J connectivity index is 1.70. The summed E-state index contributed by atoms with van der Waals surface area (Å²) in [6, 6.07) is 4.06. The van der Waals surface area contributed by atoms with Gasteiger partial charge in [0.05, 0.1) is 23.9 Å². The second kappa shape index (κ2) is 8.73. The Kier molecular flexibility index (Phi) is 6.02. The number of imide groups is 1. The number of rotatable bonds is 5. The van der Waals surface area contributed by atoms with Crippen molar-refractivity contribution in [2.45, 2.75) is 18.6 Å². The molecule has 0 saturated carbocycles. The number of nitrogens with zero attached hydrogens (tertiary/aromatic N) is 2. The first-order valence-corrected chi connectivity index (χ1v) is 10.4. The predicted molar refractivity (Wildman–Crippen MR) is 115 cm³/mol. The Morgan fingerprint density at radius 2 is 1.78 bits per heavy atom. The standard InChI is InChI=1S/C23H18F5N5O3/c1-11-15(9-30-33(11)2)22(20(35)31-21(36)32-22)10-29-19(34)14-7-8-16(24)18(25)17(14)12-3-5-13(6-4-12)23(26,27)28/h3-9H,10H2,1-2H3,(H,29,34)(H2,31,32,35,36). The van der Waals surface area contributed by atoms with Gasteiger partial charge in [0.2, 0.25) is 0 Å². The number of benzene rings is 2. The summed E-state index contributed by atoms with van der Waals surface area (Å²) in [4.78, 5) is 37.8. The maximum absolute atomic E-state index is 14.8. The number of hydrogen-bond acceptors (Lipinski definition) is 4. The fourth-order valence-corrected chi connectivity index (χ4v) is 3.97. The zero-order chi connectivity index (χ0) is 26.4. The van der Waals surface area contributed by atoms with Crippen molar-refractivity contribution in [1.29, 1.82) is 0 Å². The van der Waals surface area contributed by atoms with Crippen molar-refractivity contribution in [3.05, 3.63) is 76.6 Å². The molecule has 4 rings (SSSR count). The van der Waals surface area contributed by atoms with Gasteiger partial charge in [-0.2, -0.15) is 18.3 Å². The van der Waals surface area contributed by atoms with Crippen LogP contribution in [0.4, 0.5) is 26.7 Å². The number of aryl methyl sites for hydroxylation is 1. The van der Waals surface area contributed by atoms with Crippen molar-refractivity contribution in [2.24, 2.45) is 7.05 Å². The molecule has 1 aliphatic heterocycles. The molecule has 2 heterocycles. The largest absolute Gasteiger partial charge is 0.416 e. The van der Waals surface area contributed by atoms with E-state index in [0.717, 1.165) is 18.2 Å². The molecule has 0 radical (unpaired) electrons. The Labute approximate surface area is 200 Å². The van der Waals surface area contributed by atoms with Crippen molar-refractivity contribution in [2.75, 3.05) is 6.54 Å². The number of carbonyl (C=O) groups is 3. The van der Waals surface area contributed by atoms with Gasteiger partial charge in [-0.25, -0.2) is 13.6 Å². The summed E-state index contributed by atoms with van der Waals surface area (Å²) in [6.45, 7) is 1.16. The average Bonchev–Trinajstić information content (AvgIpc) is 3.31. The summed E-state index contributed by atoms with van der Waals surface area (Å²) >= 11 is 0. The van der Waals surface area contributed by atoms with Gasteiger partial charge >= 0.3 is 12.2 Å². The molecule has 188 valence electrons. The Morgan fingerprint density at radius 1 is 1.11 bits per heavy atom. The number of alkyl halides is 3. The van der Waals surface area contributed by atoms with Crippen LogP contribution in [-0.2, 0) is 23.6 Å². The first-order valence-electron chi connectivity index (χ1n) is 10.4. The summed E-state index contributed by atoms with van der Waals surface area (Å²) in [5.41, 5.74) is -3.07. The van der Waals surface area contributed by atoms with Crippen LogP contribution < -0.4 is 16.0 Å². The minimum Gasteiger partial charge on any atom is -0.349 e. The van der Waals surface area contributed by atoms with Crippen molar-refractivity contribution in [3.63, 3.8) is 0 Å². The number of urea groups is 1. The highest BCUT2D eigenvalue weighted by Crippen LogP contribution is 2.34. The molecule has 3 aromatic rings. The summed E-state index contributed by atoms with van der Waals surface area (Å²) in [5.74, 6) is -4.48. The van der Waals surface area contributed by atoms with Crippen LogP contribution in [0.15, 0.2) is 42.6 Å². The highest BCUT2D eigenvalue weighted by Gasteiger charge is 2.50. The van der Waals surface area contributed by atoms with E-state index in [1.165, 1.54) is 10.9 Å². The first-order chi connectivity index (χ1) is 16.8. The van der Waals surface area contributed by atoms with E-state index in [1.807, 2.05) is 0 Å². The maximum Gasteiger partial charge on any atom is 0.416 e. The molecule has 2 aromatic carbocycles. The van der Waals surface area contributed by atoms with Crippen molar-refractivity contribution in [3.8, 4) is 11.1 Å². The number of amides is 4. The lowest BCUT2D eigenvalue weighted by molar-refractivity contribution is -0.137. The molecular weight excluding hydrogens is 489 g/mol. The smallest absolute Gasteiger partial charge is 0.349 e. The van der Waals surface area contributed by atoms with Crippen molar-refractivity contribution >= 4 is 17.8 Å². The van der Waals surface area contributed by atoms with Gasteiger partial charge in [-0.1, -0.05) is 12.1 Å². The van der Waals surface area contributed by atoms with Gasteiger partial charge in [-0.05, 0) is 36.8 Å². The third kappa shape index (κ3) is 4.16. The fourth-order valence-electron chi connectivity index (χ4n) is 3.97. The number of hydrogen-bond donors (Lipinski definition) is 3. The molecule has 0 aliphatic carbocycles. The summed E-state index contributed by atoms with van der Waals surface area (Å²) in [7, 11) is 1.61. The maximum atomic E-state index is 14.8. The second-order valence-corrected chi connectivity index (χ2v) is 8.12. The van der Waals surface area contributed by atoms with Crippen LogP contribution in [0, 0.1) is 18.6 Å². The number of aromatic nitrogens is 2. The van der Waals surface area contributed by atoms with Gasteiger partial charge in [-0.15, -0.1) is 0 Å². The van der Waals surface area contributed by atoms with E-state index >= 15 is 0 Å². The van der Waals surface area contributed by atoms with Crippen LogP contribution in [0.1, 0.15) is 27.2 Å². The van der Waals surface area contributed by atoms with E-state index in [9.17, 15) is 36.3 Å². The summed E-state index contributed by atoms with van der Waals surface area (Å²) < 4.78 is 69.0. The minimum absolute atomic E-state index is 0.171. The topological polar surface area (TPSA) is 105 Å². The lowest BCUT2D eigenvalue weighted by Crippen LogP contribution is -2.52. The molecule has 1 aromatic heterocycles. The quantitative estimate of drug-likeness (QED) is 0.365. The van der Waals surface area contributed by atoms with E-state index < -0.39 is 64.4 Å². The van der Waals surface area contributed by atoms with Crippen molar-refractivity contribution < 1.29 is 36.3 Å². The Morgan fingerprint density at radius 3 is 2.31 bits per heavy atom. The Bertz CT molecular complexity index is 1380. The van der Waals surface area contributed by atoms with E-state index in [1.54, 1.807) is 14.0 Å². The van der Waals surface area contributed by atoms with Gasteiger partial charge in [0.1, 0.15) is 0 Å². The van der Waals surface area contributed by atoms with Crippen LogP contribution >= 0.6 is 0 Å². The van der Waals surface area contributed by atoms with Gasteiger partial charge in [-0.3, -0.25) is 19.6 Å². The normalized spacial score (nSPS) is 17.6. The van der Waals surface area contributed by atoms with E-state index in [-0.39, 0.29) is 5.56 Å². The van der Waals surface area contributed by atoms with Crippen LogP contribution in [-0.4, -0.2) is 34.2 Å². The molecule has 1 saturated heterocycles. The van der Waals surface area contributed by atoms with Gasteiger partial charge < -0.3 is 10.6 Å². The molecule has 1 aliphatic rings. The average molecular weight is 507 g/mol. The van der Waals surface area contributed by atoms with Gasteiger partial charge in [0.15, 0.2) is 17.2 Å². The predicted octanol–water partition coefficient (Wildman–Crippen LogP) is 3.16. The van der Waals surface area contributed by atoms with Crippen LogP contribution in [0.5, 0.6) is 0 Å². The molecule has 36 heavy (non-hydrogen) atoms. The van der Waals surface area contributed by atoms with E-state index in [0.29, 0.717) is 29.5 Å². The zero-order valence-electron chi connectivity index (χ0n) is 18.8. The Hall–Kier alpha value is -4.29. The fraction of sp³-hybridized carbons (Fsp3) is 0.217. The first kappa shape index (κ1) is 24.8. The SMILES string of the molecule is Cc1c(C2(CNC(=O)c3ccc(F)c(F)c3-c3ccc(C(F)(F)F)cc3)NC(=O)NC2=O)cnn1C. The zero-order valence-corrected chi connectivity index (χ0v) is 18.8. The summed E-state index contributed by atoms with van der Waals surface area (Å²) in [5, 5.41) is 11.1. The molecule has 0 bridgehead atoms. The molecule has 3 N–H and O–H groups in total. The third-order valence-corrected chi connectivity index (χ3v) is 5.99.